The van der Waals surface area contributed by atoms with Crippen molar-refractivity contribution in [2.75, 3.05) is 11.9 Å². The van der Waals surface area contributed by atoms with Crippen molar-refractivity contribution in [2.24, 2.45) is 0 Å². The highest BCUT2D eigenvalue weighted by atomic mass is 16.6. The first-order valence-electron chi connectivity index (χ1n) is 5.73. The van der Waals surface area contributed by atoms with Gasteiger partial charge in [0.2, 0.25) is 5.82 Å². The minimum atomic E-state index is -1.24. The number of furan rings is 1. The lowest BCUT2D eigenvalue weighted by Crippen LogP contribution is -2.11. The van der Waals surface area contributed by atoms with Crippen LogP contribution in [-0.2, 0) is 6.42 Å². The maximum atomic E-state index is 10.9. The van der Waals surface area contributed by atoms with E-state index >= 15 is 0 Å². The van der Waals surface area contributed by atoms with E-state index in [9.17, 15) is 14.9 Å². The Hall–Kier alpha value is -2.90. The second-order valence-electron chi connectivity index (χ2n) is 3.88. The zero-order valence-corrected chi connectivity index (χ0v) is 10.3. The van der Waals surface area contributed by atoms with Gasteiger partial charge in [0.15, 0.2) is 5.69 Å². The molecule has 0 aliphatic carbocycles. The van der Waals surface area contributed by atoms with Crippen molar-refractivity contribution in [2.45, 2.75) is 6.42 Å². The highest BCUT2D eigenvalue weighted by molar-refractivity contribution is 5.86. The number of pyridine rings is 1. The number of nitro groups is 1. The topological polar surface area (TPSA) is 118 Å². The number of aromatic carboxylic acids is 1. The molecule has 2 aromatic rings. The molecule has 0 unspecified atom stereocenters. The number of anilines is 1. The fourth-order valence-electron chi connectivity index (χ4n) is 1.61. The molecule has 8 heteroatoms. The van der Waals surface area contributed by atoms with Crippen LogP contribution >= 0.6 is 0 Å². The molecule has 0 aliphatic heterocycles. The van der Waals surface area contributed by atoms with E-state index in [4.69, 9.17) is 9.52 Å². The summed E-state index contributed by atoms with van der Waals surface area (Å²) >= 11 is 0. The fourth-order valence-corrected chi connectivity index (χ4v) is 1.61. The molecule has 2 N–H and O–H groups in total. The van der Waals surface area contributed by atoms with E-state index in [1.165, 1.54) is 6.26 Å². The lowest BCUT2D eigenvalue weighted by Gasteiger charge is -2.06. The van der Waals surface area contributed by atoms with Gasteiger partial charge in [-0.2, -0.15) is 0 Å². The predicted octanol–water partition coefficient (Wildman–Crippen LogP) is 1.94. The van der Waals surface area contributed by atoms with Crippen LogP contribution in [0, 0.1) is 10.1 Å². The van der Waals surface area contributed by atoms with Gasteiger partial charge in [-0.05, 0) is 18.2 Å². The number of nitrogens with zero attached hydrogens (tertiary/aromatic N) is 2. The summed E-state index contributed by atoms with van der Waals surface area (Å²) in [5.74, 6) is -0.593. The van der Waals surface area contributed by atoms with Crippen molar-refractivity contribution in [3.8, 4) is 0 Å². The van der Waals surface area contributed by atoms with E-state index in [1.54, 1.807) is 12.1 Å². The van der Waals surface area contributed by atoms with Crippen LogP contribution in [0.1, 0.15) is 16.2 Å². The lowest BCUT2D eigenvalue weighted by molar-refractivity contribution is -0.384. The Bertz CT molecular complexity index is 624. The number of carboxylic acids is 1. The van der Waals surface area contributed by atoms with Gasteiger partial charge in [-0.1, -0.05) is 0 Å². The molecule has 0 atom stereocenters. The molecule has 0 aliphatic rings. The van der Waals surface area contributed by atoms with Crippen molar-refractivity contribution < 1.29 is 19.2 Å². The Labute approximate surface area is 113 Å². The Balaban J connectivity index is 2.13. The lowest BCUT2D eigenvalue weighted by atomic mass is 10.3. The van der Waals surface area contributed by atoms with Gasteiger partial charge in [-0.3, -0.25) is 10.1 Å². The van der Waals surface area contributed by atoms with Gasteiger partial charge >= 0.3 is 11.7 Å². The van der Waals surface area contributed by atoms with E-state index < -0.39 is 10.9 Å². The summed E-state index contributed by atoms with van der Waals surface area (Å²) in [4.78, 5) is 24.8. The summed E-state index contributed by atoms with van der Waals surface area (Å²) in [7, 11) is 0. The average molecular weight is 277 g/mol. The monoisotopic (exact) mass is 277 g/mol. The molecule has 0 saturated carbocycles. The third kappa shape index (κ3) is 3.10. The Kier molecular flexibility index (Phi) is 3.94. The van der Waals surface area contributed by atoms with E-state index in [2.05, 4.69) is 10.3 Å². The zero-order chi connectivity index (χ0) is 14.5. The molecule has 8 nitrogen and oxygen atoms in total. The molecule has 0 amide bonds. The van der Waals surface area contributed by atoms with E-state index in [-0.39, 0.29) is 17.2 Å². The smallest absolute Gasteiger partial charge is 0.354 e. The van der Waals surface area contributed by atoms with Crippen molar-refractivity contribution in [1.29, 1.82) is 0 Å². The van der Waals surface area contributed by atoms with Crippen molar-refractivity contribution in [1.82, 2.24) is 4.98 Å². The molecule has 2 rings (SSSR count). The van der Waals surface area contributed by atoms with Crippen molar-refractivity contribution >= 4 is 17.5 Å². The minimum Gasteiger partial charge on any atom is -0.477 e. The summed E-state index contributed by atoms with van der Waals surface area (Å²) in [6.07, 6.45) is 2.03. The predicted molar refractivity (Wildman–Crippen MR) is 68.8 cm³/mol. The molecule has 20 heavy (non-hydrogen) atoms. The van der Waals surface area contributed by atoms with Crippen LogP contribution in [-0.4, -0.2) is 27.5 Å². The third-order valence-electron chi connectivity index (χ3n) is 2.53. The number of nitrogens with one attached hydrogen (secondary N) is 1. The van der Waals surface area contributed by atoms with E-state index in [1.807, 2.05) is 0 Å². The number of carboxylic acid groups (broad SMARTS) is 1. The first-order valence-corrected chi connectivity index (χ1v) is 5.73. The van der Waals surface area contributed by atoms with Crippen molar-refractivity contribution in [3.63, 3.8) is 0 Å². The zero-order valence-electron chi connectivity index (χ0n) is 10.3. The molecular formula is C12H11N3O5. The SMILES string of the molecule is O=C(O)c1ccc([N+](=O)[O-])c(NCCc2ccco2)n1. The van der Waals surface area contributed by atoms with Crippen LogP contribution in [0.5, 0.6) is 0 Å². The molecule has 0 fully saturated rings. The highest BCUT2D eigenvalue weighted by Gasteiger charge is 2.18. The van der Waals surface area contributed by atoms with Gasteiger partial charge in [-0.15, -0.1) is 0 Å². The van der Waals surface area contributed by atoms with Crippen LogP contribution in [0.2, 0.25) is 0 Å². The average Bonchev–Trinajstić information content (AvgIpc) is 2.91. The summed E-state index contributed by atoms with van der Waals surface area (Å²) in [5.41, 5.74) is -0.523. The number of rotatable bonds is 6. The summed E-state index contributed by atoms with van der Waals surface area (Å²) in [6, 6.07) is 5.72. The first-order chi connectivity index (χ1) is 9.58. The van der Waals surface area contributed by atoms with Gasteiger partial charge in [0.1, 0.15) is 5.76 Å². The second kappa shape index (κ2) is 5.83. The molecule has 104 valence electrons. The van der Waals surface area contributed by atoms with Crippen LogP contribution < -0.4 is 5.32 Å². The van der Waals surface area contributed by atoms with Gasteiger partial charge in [0.05, 0.1) is 11.2 Å². The maximum Gasteiger partial charge on any atom is 0.354 e. The molecule has 0 radical (unpaired) electrons. The molecule has 0 spiro atoms. The number of carbonyl (C=O) groups is 1. The van der Waals surface area contributed by atoms with Gasteiger partial charge in [0.25, 0.3) is 0 Å². The van der Waals surface area contributed by atoms with Crippen LogP contribution in [0.25, 0.3) is 0 Å². The number of hydrogen-bond donors (Lipinski definition) is 2. The maximum absolute atomic E-state index is 10.9. The quantitative estimate of drug-likeness (QED) is 0.611. The van der Waals surface area contributed by atoms with E-state index in [0.29, 0.717) is 13.0 Å². The summed E-state index contributed by atoms with van der Waals surface area (Å²) < 4.78 is 5.12. The normalized spacial score (nSPS) is 10.2. The Morgan fingerprint density at radius 1 is 1.45 bits per heavy atom. The first kappa shape index (κ1) is 13.5. The van der Waals surface area contributed by atoms with Crippen LogP contribution in [0.4, 0.5) is 11.5 Å². The number of hydrogen-bond acceptors (Lipinski definition) is 6. The summed E-state index contributed by atoms with van der Waals surface area (Å²) in [6.45, 7) is 0.338. The molecule has 2 aromatic heterocycles. The van der Waals surface area contributed by atoms with Gasteiger partial charge in [0, 0.05) is 19.0 Å². The molecule has 0 bridgehead atoms. The number of aromatic nitrogens is 1. The highest BCUT2D eigenvalue weighted by Crippen LogP contribution is 2.22. The fraction of sp³-hybridized carbons (Fsp3) is 0.167. The van der Waals surface area contributed by atoms with Crippen LogP contribution in [0.3, 0.4) is 0 Å². The Morgan fingerprint density at radius 2 is 2.25 bits per heavy atom. The Morgan fingerprint density at radius 3 is 2.85 bits per heavy atom. The van der Waals surface area contributed by atoms with Gasteiger partial charge < -0.3 is 14.8 Å². The summed E-state index contributed by atoms with van der Waals surface area (Å²) in [5, 5.41) is 22.4. The van der Waals surface area contributed by atoms with Crippen molar-refractivity contribution in [3.05, 3.63) is 52.1 Å². The molecular weight excluding hydrogens is 266 g/mol. The standard InChI is InChI=1S/C12H11N3O5/c16-12(17)9-3-4-10(15(18)19)11(14-9)13-6-5-8-2-1-7-20-8/h1-4,7H,5-6H2,(H,13,14)(H,16,17). The van der Waals surface area contributed by atoms with Gasteiger partial charge in [-0.25, -0.2) is 9.78 Å². The van der Waals surface area contributed by atoms with Crippen LogP contribution in [0.15, 0.2) is 34.9 Å². The minimum absolute atomic E-state index is 0.0681. The molecule has 2 heterocycles. The largest absolute Gasteiger partial charge is 0.477 e. The van der Waals surface area contributed by atoms with E-state index in [0.717, 1.165) is 17.9 Å². The second-order valence-corrected chi connectivity index (χ2v) is 3.88. The molecule has 0 aromatic carbocycles. The molecule has 0 saturated heterocycles. The third-order valence-corrected chi connectivity index (χ3v) is 2.53.